The van der Waals surface area contributed by atoms with Crippen molar-refractivity contribution in [2.24, 2.45) is 0 Å². The molecule has 0 fully saturated rings. The maximum atomic E-state index is 9.16. The van der Waals surface area contributed by atoms with Crippen LogP contribution in [0.25, 0.3) is 0 Å². The molecule has 0 radical (unpaired) electrons. The van der Waals surface area contributed by atoms with E-state index in [0.29, 0.717) is 0 Å². The second-order valence-corrected chi connectivity index (χ2v) is 2.88. The van der Waals surface area contributed by atoms with Crippen molar-refractivity contribution in [3.63, 3.8) is 0 Å². The van der Waals surface area contributed by atoms with Crippen LogP contribution in [0, 0.1) is 0 Å². The van der Waals surface area contributed by atoms with Gasteiger partial charge in [0.25, 0.3) is 0 Å². The van der Waals surface area contributed by atoms with E-state index < -0.39 is 0 Å². The molecule has 0 saturated heterocycles. The van der Waals surface area contributed by atoms with Gasteiger partial charge in [0, 0.05) is 10.4 Å². The van der Waals surface area contributed by atoms with Crippen molar-refractivity contribution in [3.05, 3.63) is 0 Å². The molecule has 0 atom stereocenters. The SMILES string of the molecule is O=PSS.[H-].[Na+]. The molecule has 26 valence electrons. The van der Waals surface area contributed by atoms with Crippen LogP contribution < -0.4 is 29.6 Å². The first-order valence-corrected chi connectivity index (χ1v) is 3.83. The van der Waals surface area contributed by atoms with E-state index in [0.717, 1.165) is 10.4 Å². The van der Waals surface area contributed by atoms with Gasteiger partial charge in [-0.25, -0.2) is 0 Å². The molecule has 0 N–H and O–H groups in total. The summed E-state index contributed by atoms with van der Waals surface area (Å²) in [5, 5.41) is 0. The summed E-state index contributed by atoms with van der Waals surface area (Å²) in [5.74, 6) is 0. The predicted molar refractivity (Wildman–Crippen MR) is 25.3 cm³/mol. The summed E-state index contributed by atoms with van der Waals surface area (Å²) >= 11 is 3.51. The number of hydrogen-bond donors (Lipinski definition) is 1. The summed E-state index contributed by atoms with van der Waals surface area (Å²) in [7, 11) is 0.997. The number of rotatable bonds is 1. The monoisotopic (exact) mass is 136 g/mol. The Morgan fingerprint density at radius 2 is 2.20 bits per heavy atom. The quantitative estimate of drug-likeness (QED) is 0.213. The van der Waals surface area contributed by atoms with Crippen LogP contribution >= 0.6 is 29.7 Å². The van der Waals surface area contributed by atoms with Crippen molar-refractivity contribution in [2.45, 2.75) is 0 Å². The molecule has 5 heteroatoms. The van der Waals surface area contributed by atoms with Crippen molar-refractivity contribution in [3.8, 4) is 0 Å². The standard InChI is InChI=1S/Na.HOPS2.H/c;1-2-4-3;/h;3H;/q+1;;-1. The molecule has 0 saturated carbocycles. The summed E-state index contributed by atoms with van der Waals surface area (Å²) in [6, 6.07) is 0. The van der Waals surface area contributed by atoms with E-state index in [1.165, 1.54) is 0 Å². The smallest absolute Gasteiger partial charge is 1.00 e. The second kappa shape index (κ2) is 9.25. The van der Waals surface area contributed by atoms with E-state index in [9.17, 15) is 0 Å². The van der Waals surface area contributed by atoms with E-state index in [1.54, 1.807) is 0 Å². The molecule has 5 heavy (non-hydrogen) atoms. The first kappa shape index (κ1) is 9.93. The van der Waals surface area contributed by atoms with E-state index in [1.807, 2.05) is 0 Å². The molecule has 0 unspecified atom stereocenters. The Kier molecular flexibility index (Phi) is 18.4. The van der Waals surface area contributed by atoms with Crippen LogP contribution in [0.1, 0.15) is 1.43 Å². The Morgan fingerprint density at radius 1 is 2.00 bits per heavy atom. The van der Waals surface area contributed by atoms with Gasteiger partial charge in [-0.2, -0.15) is 0 Å². The van der Waals surface area contributed by atoms with Crippen LogP contribution in [0.4, 0.5) is 0 Å². The first-order valence-electron chi connectivity index (χ1n) is 0.548. The molecular weight excluding hydrogens is 134 g/mol. The van der Waals surface area contributed by atoms with E-state index in [-0.39, 0.29) is 38.6 Å². The number of hydrogen-bond acceptors (Lipinski definition) is 3. The summed E-state index contributed by atoms with van der Waals surface area (Å²) < 4.78 is 9.16. The molecule has 0 aromatic carbocycles. The molecule has 0 aromatic rings. The molecule has 0 aliphatic carbocycles. The summed E-state index contributed by atoms with van der Waals surface area (Å²) in [6.07, 6.45) is 0. The molecule has 0 rings (SSSR count). The third kappa shape index (κ3) is 10.7. The summed E-state index contributed by atoms with van der Waals surface area (Å²) in [4.78, 5) is 0. The van der Waals surface area contributed by atoms with Crippen molar-refractivity contribution in [1.82, 2.24) is 0 Å². The second-order valence-electron chi connectivity index (χ2n) is 0.156. The molecule has 0 spiro atoms. The van der Waals surface area contributed by atoms with Gasteiger partial charge in [0.05, 0.1) is 0 Å². The topological polar surface area (TPSA) is 17.1 Å². The third-order valence-electron chi connectivity index (χ3n) is 0.0333. The van der Waals surface area contributed by atoms with Crippen LogP contribution in [0.2, 0.25) is 0 Å². The van der Waals surface area contributed by atoms with Gasteiger partial charge in [-0.05, 0) is 0 Å². The molecular formula is H2NaOPS2. The normalized spacial score (nSPS) is 6.60. The fraction of sp³-hybridized carbons (Fsp3) is 0. The molecule has 0 heterocycles. The Morgan fingerprint density at radius 3 is 2.20 bits per heavy atom. The van der Waals surface area contributed by atoms with Crippen LogP contribution in [-0.4, -0.2) is 0 Å². The minimum atomic E-state index is 0. The minimum absolute atomic E-state index is 0. The third-order valence-corrected chi connectivity index (χ3v) is 0.900. The van der Waals surface area contributed by atoms with E-state index in [4.69, 9.17) is 4.57 Å². The Labute approximate surface area is 64.8 Å². The zero-order valence-corrected chi connectivity index (χ0v) is 7.32. The molecule has 0 aromatic heterocycles. The van der Waals surface area contributed by atoms with Gasteiger partial charge < -0.3 is 1.43 Å². The van der Waals surface area contributed by atoms with Crippen molar-refractivity contribution < 1.29 is 35.5 Å². The van der Waals surface area contributed by atoms with Gasteiger partial charge in [0.1, 0.15) is 0 Å². The van der Waals surface area contributed by atoms with Gasteiger partial charge in [0.15, 0.2) is 0 Å². The first-order chi connectivity index (χ1) is 1.91. The maximum absolute atomic E-state index is 9.16. The predicted octanol–water partition coefficient (Wildman–Crippen LogP) is -1.11. The molecule has 0 aliphatic rings. The van der Waals surface area contributed by atoms with Gasteiger partial charge in [-0.3, -0.25) is 4.57 Å². The van der Waals surface area contributed by atoms with Crippen LogP contribution in [-0.2, 0) is 4.57 Å². The molecule has 0 bridgehead atoms. The molecule has 1 nitrogen and oxygen atoms in total. The van der Waals surface area contributed by atoms with Crippen LogP contribution in [0.15, 0.2) is 0 Å². The van der Waals surface area contributed by atoms with Gasteiger partial charge in [-0.15, -0.1) is 0 Å². The van der Waals surface area contributed by atoms with E-state index in [2.05, 4.69) is 11.7 Å². The summed E-state index contributed by atoms with van der Waals surface area (Å²) in [6.45, 7) is 0. The number of thiol groups is 1. The fourth-order valence-corrected chi connectivity index (χ4v) is 0. The minimum Gasteiger partial charge on any atom is -1.00 e. The van der Waals surface area contributed by atoms with Gasteiger partial charge in [-0.1, -0.05) is 11.7 Å². The Hall–Kier alpha value is 1.80. The molecule has 0 aliphatic heterocycles. The average molecular weight is 136 g/mol. The largest absolute Gasteiger partial charge is 1.00 e. The van der Waals surface area contributed by atoms with Gasteiger partial charge in [0.2, 0.25) is 7.66 Å². The van der Waals surface area contributed by atoms with Crippen molar-refractivity contribution in [1.29, 1.82) is 0 Å². The van der Waals surface area contributed by atoms with Gasteiger partial charge >= 0.3 is 29.6 Å². The fourth-order valence-electron chi connectivity index (χ4n) is 0. The zero-order chi connectivity index (χ0) is 3.41. The van der Waals surface area contributed by atoms with E-state index >= 15 is 0 Å². The molecule has 0 amide bonds. The van der Waals surface area contributed by atoms with Crippen LogP contribution in [0.5, 0.6) is 0 Å². The summed E-state index contributed by atoms with van der Waals surface area (Å²) in [5.41, 5.74) is 0. The maximum Gasteiger partial charge on any atom is 1.00 e. The average Bonchev–Trinajstić information content (AvgIpc) is 1.37. The Balaban J connectivity index is -0.0000000450. The zero-order valence-electron chi connectivity index (χ0n) is 3.71. The Bertz CT molecular complexity index is 27.5. The van der Waals surface area contributed by atoms with Crippen molar-refractivity contribution in [2.75, 3.05) is 0 Å². The van der Waals surface area contributed by atoms with Crippen molar-refractivity contribution >= 4 is 29.7 Å². The van der Waals surface area contributed by atoms with Crippen LogP contribution in [0.3, 0.4) is 0 Å².